The number of benzene rings is 1. The number of methoxy groups -OCH3 is 2. The number of carbonyl (C=O) groups is 1. The highest BCUT2D eigenvalue weighted by Crippen LogP contribution is 2.30. The Hall–Kier alpha value is -2.60. The van der Waals surface area contributed by atoms with E-state index in [0.717, 1.165) is 30.6 Å². The fourth-order valence-corrected chi connectivity index (χ4v) is 3.36. The maximum absolute atomic E-state index is 13.3. The van der Waals surface area contributed by atoms with Crippen LogP contribution in [0.3, 0.4) is 0 Å². The summed E-state index contributed by atoms with van der Waals surface area (Å²) in [5, 5.41) is 0. The van der Waals surface area contributed by atoms with Crippen molar-refractivity contribution in [3.63, 3.8) is 0 Å². The van der Waals surface area contributed by atoms with E-state index >= 15 is 0 Å². The van der Waals surface area contributed by atoms with Gasteiger partial charge in [0.15, 0.2) is 0 Å². The second-order valence-electron chi connectivity index (χ2n) is 6.69. The van der Waals surface area contributed by atoms with Crippen molar-refractivity contribution in [3.8, 4) is 11.5 Å². The molecule has 6 nitrogen and oxygen atoms in total. The molecule has 1 fully saturated rings. The summed E-state index contributed by atoms with van der Waals surface area (Å²) in [6.45, 7) is 3.69. The number of hydrogen-bond donors (Lipinski definition) is 0. The first-order chi connectivity index (χ1) is 13.1. The summed E-state index contributed by atoms with van der Waals surface area (Å²) in [7, 11) is 3.19. The van der Waals surface area contributed by atoms with Gasteiger partial charge in [-0.3, -0.25) is 9.78 Å². The highest BCUT2D eigenvalue weighted by Gasteiger charge is 2.25. The van der Waals surface area contributed by atoms with Crippen molar-refractivity contribution in [2.75, 3.05) is 27.4 Å². The van der Waals surface area contributed by atoms with Crippen molar-refractivity contribution in [1.29, 1.82) is 0 Å². The molecule has 0 saturated carbocycles. The normalized spacial score (nSPS) is 16.2. The van der Waals surface area contributed by atoms with E-state index in [1.54, 1.807) is 38.7 Å². The van der Waals surface area contributed by atoms with Crippen LogP contribution in [-0.4, -0.2) is 49.3 Å². The number of hydrogen-bond acceptors (Lipinski definition) is 5. The quantitative estimate of drug-likeness (QED) is 0.749. The zero-order valence-electron chi connectivity index (χ0n) is 16.1. The van der Waals surface area contributed by atoms with Crippen molar-refractivity contribution >= 4 is 5.91 Å². The molecule has 1 aliphatic rings. The van der Waals surface area contributed by atoms with Crippen molar-refractivity contribution < 1.29 is 19.0 Å². The molecule has 1 aromatic heterocycles. The molecular weight excluding hydrogens is 344 g/mol. The van der Waals surface area contributed by atoms with Crippen molar-refractivity contribution in [2.45, 2.75) is 32.4 Å². The molecule has 27 heavy (non-hydrogen) atoms. The zero-order valence-corrected chi connectivity index (χ0v) is 16.1. The number of aromatic nitrogens is 1. The molecule has 1 saturated heterocycles. The number of carbonyl (C=O) groups excluding carboxylic acids is 1. The van der Waals surface area contributed by atoms with E-state index in [2.05, 4.69) is 4.98 Å². The third-order valence-corrected chi connectivity index (χ3v) is 4.83. The third kappa shape index (κ3) is 4.57. The first-order valence-corrected chi connectivity index (χ1v) is 9.14. The van der Waals surface area contributed by atoms with Crippen LogP contribution in [0.15, 0.2) is 36.7 Å². The Morgan fingerprint density at radius 1 is 1.30 bits per heavy atom. The number of pyridine rings is 1. The van der Waals surface area contributed by atoms with E-state index in [9.17, 15) is 4.79 Å². The summed E-state index contributed by atoms with van der Waals surface area (Å²) < 4.78 is 16.6. The van der Waals surface area contributed by atoms with Crippen LogP contribution in [0.2, 0.25) is 0 Å². The van der Waals surface area contributed by atoms with E-state index in [0.29, 0.717) is 30.2 Å². The van der Waals surface area contributed by atoms with Crippen molar-refractivity contribution in [2.24, 2.45) is 0 Å². The maximum Gasteiger partial charge on any atom is 0.254 e. The Morgan fingerprint density at radius 2 is 2.04 bits per heavy atom. The Kier molecular flexibility index (Phi) is 6.29. The molecule has 0 aliphatic carbocycles. The van der Waals surface area contributed by atoms with Crippen LogP contribution in [0.1, 0.15) is 34.3 Å². The molecule has 144 valence electrons. The van der Waals surface area contributed by atoms with Crippen LogP contribution in [0.5, 0.6) is 11.5 Å². The first kappa shape index (κ1) is 19.2. The number of nitrogens with zero attached hydrogens (tertiary/aromatic N) is 2. The van der Waals surface area contributed by atoms with Gasteiger partial charge in [0.1, 0.15) is 11.5 Å². The first-order valence-electron chi connectivity index (χ1n) is 9.14. The van der Waals surface area contributed by atoms with Gasteiger partial charge >= 0.3 is 0 Å². The lowest BCUT2D eigenvalue weighted by Gasteiger charge is -2.26. The second-order valence-corrected chi connectivity index (χ2v) is 6.69. The summed E-state index contributed by atoms with van der Waals surface area (Å²) in [5.74, 6) is 1.19. The van der Waals surface area contributed by atoms with E-state index in [1.807, 2.05) is 24.0 Å². The van der Waals surface area contributed by atoms with Gasteiger partial charge in [0, 0.05) is 43.2 Å². The minimum Gasteiger partial charge on any atom is -0.496 e. The predicted molar refractivity (Wildman–Crippen MR) is 102 cm³/mol. The van der Waals surface area contributed by atoms with Gasteiger partial charge in [-0.2, -0.15) is 0 Å². The summed E-state index contributed by atoms with van der Waals surface area (Å²) in [6, 6.07) is 7.39. The molecule has 2 aromatic rings. The Balaban J connectivity index is 1.89. The zero-order chi connectivity index (χ0) is 19.2. The van der Waals surface area contributed by atoms with Crippen molar-refractivity contribution in [3.05, 3.63) is 53.3 Å². The minimum atomic E-state index is -0.0778. The molecular formula is C21H26N2O4. The number of ether oxygens (including phenoxy) is 3. The van der Waals surface area contributed by atoms with Gasteiger partial charge in [-0.25, -0.2) is 0 Å². The van der Waals surface area contributed by atoms with E-state index in [-0.39, 0.29) is 12.0 Å². The van der Waals surface area contributed by atoms with Gasteiger partial charge in [-0.1, -0.05) is 6.07 Å². The standard InChI is InChI=1S/C21H26N2O4/c1-15-19(25-2)10-17(11-20(15)26-3)21(24)23(14-18-7-5-9-27-18)13-16-6-4-8-22-12-16/h4,6,8,10-12,18H,5,7,9,13-14H2,1-3H3. The van der Waals surface area contributed by atoms with Crippen molar-refractivity contribution in [1.82, 2.24) is 9.88 Å². The van der Waals surface area contributed by atoms with E-state index in [4.69, 9.17) is 14.2 Å². The van der Waals surface area contributed by atoms with Crippen LogP contribution in [0, 0.1) is 6.92 Å². The molecule has 0 spiro atoms. The molecule has 0 bridgehead atoms. The molecule has 0 radical (unpaired) electrons. The smallest absolute Gasteiger partial charge is 0.254 e. The molecule has 3 rings (SSSR count). The molecule has 6 heteroatoms. The number of amides is 1. The highest BCUT2D eigenvalue weighted by atomic mass is 16.5. The van der Waals surface area contributed by atoms with Gasteiger partial charge < -0.3 is 19.1 Å². The average molecular weight is 370 g/mol. The highest BCUT2D eigenvalue weighted by molar-refractivity contribution is 5.95. The summed E-state index contributed by atoms with van der Waals surface area (Å²) in [4.78, 5) is 19.3. The SMILES string of the molecule is COc1cc(C(=O)N(Cc2cccnc2)CC2CCCO2)cc(OC)c1C. The van der Waals surface area contributed by atoms with Crippen LogP contribution in [0.25, 0.3) is 0 Å². The molecule has 1 aliphatic heterocycles. The Bertz CT molecular complexity index is 748. The molecule has 1 amide bonds. The van der Waals surface area contributed by atoms with Gasteiger partial charge in [-0.05, 0) is 43.5 Å². The molecule has 1 atom stereocenters. The number of rotatable bonds is 7. The summed E-state index contributed by atoms with van der Waals surface area (Å²) in [6.07, 6.45) is 5.58. The fraction of sp³-hybridized carbons (Fsp3) is 0.429. The lowest BCUT2D eigenvalue weighted by Crippen LogP contribution is -2.37. The molecule has 1 aromatic carbocycles. The Morgan fingerprint density at radius 3 is 2.59 bits per heavy atom. The lowest BCUT2D eigenvalue weighted by molar-refractivity contribution is 0.0506. The third-order valence-electron chi connectivity index (χ3n) is 4.83. The largest absolute Gasteiger partial charge is 0.496 e. The van der Waals surface area contributed by atoms with Crippen LogP contribution in [0.4, 0.5) is 0 Å². The second kappa shape index (κ2) is 8.86. The van der Waals surface area contributed by atoms with E-state index < -0.39 is 0 Å². The van der Waals surface area contributed by atoms with E-state index in [1.165, 1.54) is 0 Å². The van der Waals surface area contributed by atoms with Gasteiger partial charge in [0.2, 0.25) is 0 Å². The Labute approximate surface area is 160 Å². The topological polar surface area (TPSA) is 60.9 Å². The lowest BCUT2D eigenvalue weighted by atomic mass is 10.1. The van der Waals surface area contributed by atoms with Crippen LogP contribution < -0.4 is 9.47 Å². The van der Waals surface area contributed by atoms with Crippen LogP contribution in [-0.2, 0) is 11.3 Å². The maximum atomic E-state index is 13.3. The molecule has 2 heterocycles. The minimum absolute atomic E-state index is 0.0693. The van der Waals surface area contributed by atoms with Gasteiger partial charge in [0.25, 0.3) is 5.91 Å². The van der Waals surface area contributed by atoms with Crippen LogP contribution >= 0.6 is 0 Å². The summed E-state index contributed by atoms with van der Waals surface area (Å²) >= 11 is 0. The van der Waals surface area contributed by atoms with Gasteiger partial charge in [0.05, 0.1) is 20.3 Å². The predicted octanol–water partition coefficient (Wildman–Crippen LogP) is 3.23. The monoisotopic (exact) mass is 370 g/mol. The molecule has 1 unspecified atom stereocenters. The molecule has 0 N–H and O–H groups in total. The van der Waals surface area contributed by atoms with Gasteiger partial charge in [-0.15, -0.1) is 0 Å². The summed E-state index contributed by atoms with van der Waals surface area (Å²) in [5.41, 5.74) is 2.39. The average Bonchev–Trinajstić information content (AvgIpc) is 3.21. The fourth-order valence-electron chi connectivity index (χ4n) is 3.36.